The predicted molar refractivity (Wildman–Crippen MR) is 89.4 cm³/mol. The molecule has 27 heavy (non-hydrogen) atoms. The van der Waals surface area contributed by atoms with E-state index in [0.29, 0.717) is 11.5 Å². The smallest absolute Gasteiger partial charge is 0.413 e. The summed E-state index contributed by atoms with van der Waals surface area (Å²) in [5.74, 6) is -4.89. The van der Waals surface area contributed by atoms with E-state index in [-0.39, 0.29) is 18.8 Å². The second-order valence-electron chi connectivity index (χ2n) is 8.55. The first kappa shape index (κ1) is 18.6. The number of carbonyl (C=O) groups is 1. The number of ether oxygens (including phenoxy) is 1. The third-order valence-electron chi connectivity index (χ3n) is 6.01. The summed E-state index contributed by atoms with van der Waals surface area (Å²) in [5, 5.41) is 7.08. The predicted octanol–water partition coefficient (Wildman–Crippen LogP) is 4.72. The molecule has 1 aromatic heterocycles. The van der Waals surface area contributed by atoms with Crippen LogP contribution < -0.4 is 5.32 Å². The van der Waals surface area contributed by atoms with Crippen LogP contribution >= 0.6 is 0 Å². The van der Waals surface area contributed by atoms with Gasteiger partial charge < -0.3 is 4.74 Å². The molecule has 0 aliphatic heterocycles. The SMILES string of the molecule is Cn1nc(C2(C)CC(F)(F)C2)c(C2CCC2)c1NC(=O)OC1CC(F)(F)C1. The molecular formula is C18H23F4N3O2. The number of amides is 1. The van der Waals surface area contributed by atoms with E-state index in [9.17, 15) is 22.4 Å². The number of alkyl halides is 4. The van der Waals surface area contributed by atoms with Crippen LogP contribution in [-0.4, -0.2) is 33.8 Å². The first-order chi connectivity index (χ1) is 12.5. The lowest BCUT2D eigenvalue weighted by atomic mass is 9.63. The van der Waals surface area contributed by atoms with Gasteiger partial charge in [-0.05, 0) is 18.8 Å². The summed E-state index contributed by atoms with van der Waals surface area (Å²) in [6.45, 7) is 1.77. The molecule has 9 heteroatoms. The summed E-state index contributed by atoms with van der Waals surface area (Å²) in [5.41, 5.74) is 0.662. The van der Waals surface area contributed by atoms with E-state index in [0.717, 1.165) is 24.8 Å². The van der Waals surface area contributed by atoms with Crippen LogP contribution in [-0.2, 0) is 17.2 Å². The Morgan fingerprint density at radius 1 is 1.19 bits per heavy atom. The van der Waals surface area contributed by atoms with Crippen molar-refractivity contribution in [3.05, 3.63) is 11.3 Å². The van der Waals surface area contributed by atoms with E-state index in [1.54, 1.807) is 14.0 Å². The number of aryl methyl sites for hydroxylation is 1. The highest BCUT2D eigenvalue weighted by Crippen LogP contribution is 2.56. The van der Waals surface area contributed by atoms with Crippen LogP contribution in [0.5, 0.6) is 0 Å². The summed E-state index contributed by atoms with van der Waals surface area (Å²) < 4.78 is 59.4. The Bertz CT molecular complexity index is 757. The molecule has 3 saturated carbocycles. The summed E-state index contributed by atoms with van der Waals surface area (Å²) in [4.78, 5) is 12.2. The molecule has 0 atom stereocenters. The fourth-order valence-electron chi connectivity index (χ4n) is 4.44. The number of hydrogen-bond acceptors (Lipinski definition) is 3. The lowest BCUT2D eigenvalue weighted by Crippen LogP contribution is -2.48. The van der Waals surface area contributed by atoms with Gasteiger partial charge in [0.1, 0.15) is 11.9 Å². The average Bonchev–Trinajstić information content (AvgIpc) is 2.71. The van der Waals surface area contributed by atoms with Crippen LogP contribution in [0, 0.1) is 0 Å². The van der Waals surface area contributed by atoms with E-state index in [4.69, 9.17) is 4.74 Å². The first-order valence-corrected chi connectivity index (χ1v) is 9.29. The third kappa shape index (κ3) is 3.29. The van der Waals surface area contributed by atoms with E-state index < -0.39 is 42.3 Å². The molecular weight excluding hydrogens is 366 g/mol. The Morgan fingerprint density at radius 2 is 1.81 bits per heavy atom. The number of nitrogens with zero attached hydrogens (tertiary/aromatic N) is 2. The maximum absolute atomic E-state index is 13.5. The standard InChI is InChI=1S/C18H23F4N3O2/c1-16(8-18(21,22)9-16)13-12(10-4-3-5-10)14(25(2)24-13)23-15(26)27-11-6-17(19,20)7-11/h10-11H,3-9H2,1-2H3,(H,23,26). The highest BCUT2D eigenvalue weighted by molar-refractivity contribution is 5.85. The summed E-state index contributed by atoms with van der Waals surface area (Å²) in [7, 11) is 1.64. The zero-order chi connectivity index (χ0) is 19.6. The van der Waals surface area contributed by atoms with Crippen LogP contribution in [0.4, 0.5) is 28.2 Å². The van der Waals surface area contributed by atoms with Crippen molar-refractivity contribution in [2.75, 3.05) is 5.32 Å². The maximum atomic E-state index is 13.5. The van der Waals surface area contributed by atoms with Gasteiger partial charge in [-0.25, -0.2) is 22.4 Å². The van der Waals surface area contributed by atoms with Crippen molar-refractivity contribution in [1.82, 2.24) is 9.78 Å². The number of nitrogens with one attached hydrogen (secondary N) is 1. The maximum Gasteiger partial charge on any atom is 0.413 e. The normalized spacial score (nSPS) is 25.9. The minimum atomic E-state index is -2.77. The quantitative estimate of drug-likeness (QED) is 0.758. The molecule has 1 amide bonds. The summed E-state index contributed by atoms with van der Waals surface area (Å²) in [6, 6.07) is 0. The van der Waals surface area contributed by atoms with Gasteiger partial charge in [-0.1, -0.05) is 13.3 Å². The topological polar surface area (TPSA) is 56.2 Å². The van der Waals surface area contributed by atoms with E-state index in [1.807, 2.05) is 0 Å². The van der Waals surface area contributed by atoms with Crippen molar-refractivity contribution in [3.8, 4) is 0 Å². The number of carbonyl (C=O) groups excluding carboxylic acids is 1. The van der Waals surface area contributed by atoms with Gasteiger partial charge in [0, 0.05) is 43.7 Å². The van der Waals surface area contributed by atoms with Crippen molar-refractivity contribution >= 4 is 11.9 Å². The molecule has 1 aromatic rings. The Hall–Kier alpha value is -1.80. The lowest BCUT2D eigenvalue weighted by molar-refractivity contribution is -0.143. The number of anilines is 1. The van der Waals surface area contributed by atoms with Crippen LogP contribution in [0.15, 0.2) is 0 Å². The molecule has 1 heterocycles. The molecule has 0 unspecified atom stereocenters. The van der Waals surface area contributed by atoms with Gasteiger partial charge in [-0.15, -0.1) is 0 Å². The van der Waals surface area contributed by atoms with E-state index >= 15 is 0 Å². The van der Waals surface area contributed by atoms with Gasteiger partial charge in [0.25, 0.3) is 5.92 Å². The van der Waals surface area contributed by atoms with Gasteiger partial charge in [0.2, 0.25) is 5.92 Å². The minimum Gasteiger partial charge on any atom is -0.445 e. The molecule has 4 rings (SSSR count). The Kier molecular flexibility index (Phi) is 4.02. The van der Waals surface area contributed by atoms with Crippen molar-refractivity contribution in [1.29, 1.82) is 0 Å². The molecule has 1 N–H and O–H groups in total. The van der Waals surface area contributed by atoms with Crippen molar-refractivity contribution in [2.24, 2.45) is 7.05 Å². The van der Waals surface area contributed by atoms with Gasteiger partial charge in [-0.3, -0.25) is 10.00 Å². The first-order valence-electron chi connectivity index (χ1n) is 9.29. The molecule has 0 spiro atoms. The fraction of sp³-hybridized carbons (Fsp3) is 0.778. The number of aromatic nitrogens is 2. The molecule has 150 valence electrons. The minimum absolute atomic E-state index is 0.156. The number of rotatable bonds is 4. The van der Waals surface area contributed by atoms with Crippen LogP contribution in [0.1, 0.15) is 69.0 Å². The van der Waals surface area contributed by atoms with Crippen molar-refractivity contribution in [2.45, 2.75) is 81.2 Å². The molecule has 5 nitrogen and oxygen atoms in total. The molecule has 3 aliphatic carbocycles. The Labute approximate surface area is 154 Å². The van der Waals surface area contributed by atoms with E-state index in [2.05, 4.69) is 10.4 Å². The molecule has 0 saturated heterocycles. The number of halogens is 4. The van der Waals surface area contributed by atoms with Crippen LogP contribution in [0.3, 0.4) is 0 Å². The monoisotopic (exact) mass is 389 g/mol. The molecule has 3 fully saturated rings. The largest absolute Gasteiger partial charge is 0.445 e. The highest BCUT2D eigenvalue weighted by atomic mass is 19.3. The summed E-state index contributed by atoms with van der Waals surface area (Å²) in [6.07, 6.45) is -0.243. The Morgan fingerprint density at radius 3 is 2.30 bits per heavy atom. The fourth-order valence-corrected chi connectivity index (χ4v) is 4.44. The summed E-state index contributed by atoms with van der Waals surface area (Å²) >= 11 is 0. The van der Waals surface area contributed by atoms with Crippen molar-refractivity contribution in [3.63, 3.8) is 0 Å². The van der Waals surface area contributed by atoms with Gasteiger partial charge in [0.15, 0.2) is 0 Å². The second-order valence-corrected chi connectivity index (χ2v) is 8.55. The molecule has 0 radical (unpaired) electrons. The lowest BCUT2D eigenvalue weighted by Gasteiger charge is -2.45. The molecule has 3 aliphatic rings. The average molecular weight is 389 g/mol. The Balaban J connectivity index is 1.54. The highest BCUT2D eigenvalue weighted by Gasteiger charge is 2.57. The van der Waals surface area contributed by atoms with Gasteiger partial charge in [-0.2, -0.15) is 5.10 Å². The zero-order valence-corrected chi connectivity index (χ0v) is 15.3. The molecule has 0 bridgehead atoms. The van der Waals surface area contributed by atoms with Crippen molar-refractivity contribution < 1.29 is 27.1 Å². The van der Waals surface area contributed by atoms with Crippen LogP contribution in [0.25, 0.3) is 0 Å². The zero-order valence-electron chi connectivity index (χ0n) is 15.3. The van der Waals surface area contributed by atoms with Gasteiger partial charge in [0.05, 0.1) is 5.69 Å². The second kappa shape index (κ2) is 5.85. The van der Waals surface area contributed by atoms with Gasteiger partial charge >= 0.3 is 6.09 Å². The third-order valence-corrected chi connectivity index (χ3v) is 6.01. The van der Waals surface area contributed by atoms with Crippen LogP contribution in [0.2, 0.25) is 0 Å². The number of hydrogen-bond donors (Lipinski definition) is 1. The van der Waals surface area contributed by atoms with E-state index in [1.165, 1.54) is 4.68 Å². The molecule has 0 aromatic carbocycles.